The summed E-state index contributed by atoms with van der Waals surface area (Å²) in [6.07, 6.45) is 5.50. The van der Waals surface area contributed by atoms with Gasteiger partial charge in [-0.15, -0.1) is 0 Å². The highest BCUT2D eigenvalue weighted by Crippen LogP contribution is 2.35. The van der Waals surface area contributed by atoms with Crippen LogP contribution in [0, 0.1) is 6.92 Å². The Balaban J connectivity index is 1.34. The molecule has 1 aromatic carbocycles. The molecule has 2 aliphatic rings. The minimum atomic E-state index is -0.442. The number of halogens is 1. The molecule has 194 valence electrons. The normalized spacial score (nSPS) is 17.8. The molecule has 3 N–H and O–H groups in total. The van der Waals surface area contributed by atoms with Crippen molar-refractivity contribution >= 4 is 44.2 Å². The zero-order chi connectivity index (χ0) is 25.1. The monoisotopic (exact) mass is 556 g/mol. The number of hydrogen-bond donors (Lipinski definition) is 3. The van der Waals surface area contributed by atoms with Crippen molar-refractivity contribution in [3.8, 4) is 0 Å². The number of likely N-dealkylation sites (tertiary alicyclic amines) is 1. The zero-order valence-electron chi connectivity index (χ0n) is 21.3. The summed E-state index contributed by atoms with van der Waals surface area (Å²) in [4.78, 5) is 16.2. The number of aromatic amines is 1. The van der Waals surface area contributed by atoms with Crippen molar-refractivity contribution in [2.75, 3.05) is 67.5 Å². The number of nitrogens with zero attached hydrogens (tertiary/aromatic N) is 6. The van der Waals surface area contributed by atoms with Crippen LogP contribution in [-0.2, 0) is 0 Å². The Hall–Kier alpha value is -2.43. The zero-order valence-corrected chi connectivity index (χ0v) is 22.9. The Labute approximate surface area is 221 Å². The Morgan fingerprint density at radius 2 is 1.83 bits per heavy atom. The van der Waals surface area contributed by atoms with Gasteiger partial charge in [-0.2, -0.15) is 5.10 Å². The molecule has 0 bridgehead atoms. The first-order valence-electron chi connectivity index (χ1n) is 13.2. The molecule has 1 atom stereocenters. The van der Waals surface area contributed by atoms with Crippen molar-refractivity contribution in [3.05, 3.63) is 34.2 Å². The number of aliphatic hydroxyl groups is 1. The van der Waals surface area contributed by atoms with Crippen molar-refractivity contribution in [1.82, 2.24) is 25.1 Å². The van der Waals surface area contributed by atoms with Gasteiger partial charge in [-0.05, 0) is 78.5 Å². The number of fused-ring (bicyclic) bond motifs is 1. The van der Waals surface area contributed by atoms with Gasteiger partial charge >= 0.3 is 0 Å². The second-order valence-corrected chi connectivity index (χ2v) is 10.7. The van der Waals surface area contributed by atoms with Crippen LogP contribution in [-0.4, -0.2) is 82.5 Å². The van der Waals surface area contributed by atoms with E-state index in [1.165, 1.54) is 37.2 Å². The van der Waals surface area contributed by atoms with Gasteiger partial charge in [0.25, 0.3) is 0 Å². The molecule has 2 fully saturated rings. The number of piperazine rings is 1. The molecule has 5 rings (SSSR count). The molecule has 2 aliphatic heterocycles. The number of benzene rings is 1. The summed E-state index contributed by atoms with van der Waals surface area (Å²) in [5.41, 5.74) is 5.34. The van der Waals surface area contributed by atoms with Crippen molar-refractivity contribution in [2.24, 2.45) is 0 Å². The van der Waals surface area contributed by atoms with Crippen LogP contribution in [0.15, 0.2) is 23.1 Å². The van der Waals surface area contributed by atoms with E-state index in [0.29, 0.717) is 0 Å². The minimum Gasteiger partial charge on any atom is -0.388 e. The van der Waals surface area contributed by atoms with E-state index in [2.05, 4.69) is 82.1 Å². The highest BCUT2D eigenvalue weighted by atomic mass is 79.9. The van der Waals surface area contributed by atoms with Gasteiger partial charge in [0.05, 0.1) is 11.5 Å². The van der Waals surface area contributed by atoms with Gasteiger partial charge in [-0.1, -0.05) is 13.3 Å². The molecule has 0 saturated carbocycles. The lowest BCUT2D eigenvalue weighted by Gasteiger charge is -2.38. The molecule has 0 aliphatic carbocycles. The number of hydrogen-bond acceptors (Lipinski definition) is 8. The maximum atomic E-state index is 10.9. The van der Waals surface area contributed by atoms with E-state index >= 15 is 0 Å². The van der Waals surface area contributed by atoms with Crippen LogP contribution in [0.5, 0.6) is 0 Å². The number of nitrogens with one attached hydrogen (secondary N) is 2. The molecule has 4 heterocycles. The number of aliphatic hydroxyl groups excluding tert-OH is 1. The molecule has 36 heavy (non-hydrogen) atoms. The smallest absolute Gasteiger partial charge is 0.161 e. The van der Waals surface area contributed by atoms with Gasteiger partial charge in [0.1, 0.15) is 16.7 Å². The Kier molecular flexibility index (Phi) is 7.93. The number of anilines is 3. The van der Waals surface area contributed by atoms with Crippen molar-refractivity contribution < 1.29 is 5.11 Å². The Bertz CT molecular complexity index is 1170. The largest absolute Gasteiger partial charge is 0.388 e. The van der Waals surface area contributed by atoms with Gasteiger partial charge in [-0.25, -0.2) is 9.97 Å². The van der Waals surface area contributed by atoms with Gasteiger partial charge in [-0.3, -0.25) is 5.10 Å². The summed E-state index contributed by atoms with van der Waals surface area (Å²) < 4.78 is 0.744. The fraction of sp³-hybridized carbons (Fsp3) is 0.577. The van der Waals surface area contributed by atoms with E-state index in [4.69, 9.17) is 0 Å². The summed E-state index contributed by atoms with van der Waals surface area (Å²) in [6, 6.07) is 4.36. The third kappa shape index (κ3) is 5.31. The average molecular weight is 558 g/mol. The number of H-pyrrole nitrogens is 1. The predicted molar refractivity (Wildman–Crippen MR) is 149 cm³/mol. The van der Waals surface area contributed by atoms with Crippen LogP contribution in [0.1, 0.15) is 49.8 Å². The van der Waals surface area contributed by atoms with Gasteiger partial charge in [0.15, 0.2) is 5.65 Å². The second kappa shape index (κ2) is 11.3. The quantitative estimate of drug-likeness (QED) is 0.362. The molecule has 10 heteroatoms. The fourth-order valence-corrected chi connectivity index (χ4v) is 5.88. The topological polar surface area (TPSA) is 96.4 Å². The highest BCUT2D eigenvalue weighted by Gasteiger charge is 2.24. The first kappa shape index (κ1) is 25.2. The van der Waals surface area contributed by atoms with E-state index in [1.807, 2.05) is 0 Å². The molecule has 0 amide bonds. The Morgan fingerprint density at radius 3 is 2.58 bits per heavy atom. The van der Waals surface area contributed by atoms with E-state index in [9.17, 15) is 5.11 Å². The Morgan fingerprint density at radius 1 is 1.08 bits per heavy atom. The van der Waals surface area contributed by atoms with Crippen molar-refractivity contribution in [1.29, 1.82) is 0 Å². The third-order valence-electron chi connectivity index (χ3n) is 7.51. The van der Waals surface area contributed by atoms with Crippen LogP contribution in [0.3, 0.4) is 0 Å². The SMILES string of the molecule is CCCC(O)c1cc(NCCN2CCCC2)c(C)c(N2CCN(c3ncnc4[nH]nc(Br)c34)CC2)c1. The first-order valence-corrected chi connectivity index (χ1v) is 14.0. The maximum Gasteiger partial charge on any atom is 0.161 e. The lowest BCUT2D eigenvalue weighted by atomic mass is 9.99. The molecule has 1 unspecified atom stereocenters. The highest BCUT2D eigenvalue weighted by molar-refractivity contribution is 9.10. The lowest BCUT2D eigenvalue weighted by molar-refractivity contribution is 0.166. The standard InChI is InChI=1S/C26H37BrN8O/c1-3-6-22(36)19-15-20(28-7-10-33-8-4-5-9-33)18(2)21(16-19)34-11-13-35(14-12-34)26-23-24(27)31-32-25(23)29-17-30-26/h15-17,22,28,36H,3-14H2,1-2H3,(H,29,30,31,32). The van der Waals surface area contributed by atoms with E-state index in [1.54, 1.807) is 6.33 Å². The summed E-state index contributed by atoms with van der Waals surface area (Å²) in [6.45, 7) is 12.2. The van der Waals surface area contributed by atoms with Crippen molar-refractivity contribution in [2.45, 2.75) is 45.6 Å². The minimum absolute atomic E-state index is 0.442. The van der Waals surface area contributed by atoms with Crippen LogP contribution >= 0.6 is 15.9 Å². The third-order valence-corrected chi connectivity index (χ3v) is 8.08. The van der Waals surface area contributed by atoms with E-state index in [-0.39, 0.29) is 0 Å². The van der Waals surface area contributed by atoms with Gasteiger partial charge in [0.2, 0.25) is 0 Å². The van der Waals surface area contributed by atoms with Crippen molar-refractivity contribution in [3.63, 3.8) is 0 Å². The summed E-state index contributed by atoms with van der Waals surface area (Å²) >= 11 is 3.53. The molecule has 0 radical (unpaired) electrons. The van der Waals surface area contributed by atoms with Crippen LogP contribution in [0.2, 0.25) is 0 Å². The molecule has 2 saturated heterocycles. The lowest BCUT2D eigenvalue weighted by Crippen LogP contribution is -2.47. The second-order valence-electron chi connectivity index (χ2n) is 9.90. The maximum absolute atomic E-state index is 10.9. The van der Waals surface area contributed by atoms with Crippen LogP contribution < -0.4 is 15.1 Å². The first-order chi connectivity index (χ1) is 17.5. The van der Waals surface area contributed by atoms with Gasteiger partial charge in [0, 0.05) is 50.6 Å². The predicted octanol–water partition coefficient (Wildman–Crippen LogP) is 4.09. The van der Waals surface area contributed by atoms with E-state index < -0.39 is 6.10 Å². The summed E-state index contributed by atoms with van der Waals surface area (Å²) in [5.74, 6) is 0.911. The van der Waals surface area contributed by atoms with E-state index in [0.717, 1.165) is 84.8 Å². The molecule has 0 spiro atoms. The van der Waals surface area contributed by atoms with Gasteiger partial charge < -0.3 is 25.1 Å². The number of rotatable bonds is 9. The van der Waals surface area contributed by atoms with Crippen LogP contribution in [0.4, 0.5) is 17.2 Å². The summed E-state index contributed by atoms with van der Waals surface area (Å²) in [7, 11) is 0. The molecule has 9 nitrogen and oxygen atoms in total. The molecular weight excluding hydrogens is 520 g/mol. The average Bonchev–Trinajstić information content (AvgIpc) is 3.55. The number of aromatic nitrogens is 4. The summed E-state index contributed by atoms with van der Waals surface area (Å²) in [5, 5.41) is 22.7. The fourth-order valence-electron chi connectivity index (χ4n) is 5.43. The molecule has 2 aromatic heterocycles. The molecular formula is C26H37BrN8O. The molecule has 3 aromatic rings. The van der Waals surface area contributed by atoms with Crippen LogP contribution in [0.25, 0.3) is 11.0 Å².